The van der Waals surface area contributed by atoms with Gasteiger partial charge in [0.1, 0.15) is 0 Å². The van der Waals surface area contributed by atoms with E-state index in [1.807, 2.05) is 4.98 Å². The molecule has 0 atom stereocenters. The van der Waals surface area contributed by atoms with Gasteiger partial charge in [-0.25, -0.2) is 0 Å². The van der Waals surface area contributed by atoms with Crippen molar-refractivity contribution in [3.63, 3.8) is 0 Å². The standard InChI is InChI=1S/C10H5F13N2O2/c11-5(12,1-2-27-4(26)3-25-24)6(13,14)7(15,16)8(17,18)9(19,20)10(21,22)23/h3H,1-2H2/p+1/b4-3-. The molecule has 0 radical (unpaired) electrons. The Hall–Kier alpha value is -2.15. The maximum absolute atomic E-state index is 13.2. The SMILES string of the molecule is N#[N+]/C=C(/O)OCCC(F)(F)C(F)(F)C(F)(F)C(F)(F)C(F)(F)C(F)(F)F. The Bertz CT molecular complexity index is 605. The van der Waals surface area contributed by atoms with Crippen LogP contribution in [-0.2, 0) is 4.74 Å². The zero-order valence-electron chi connectivity index (χ0n) is 12.2. The van der Waals surface area contributed by atoms with Crippen molar-refractivity contribution >= 4 is 0 Å². The van der Waals surface area contributed by atoms with Crippen LogP contribution in [0.4, 0.5) is 57.1 Å². The van der Waals surface area contributed by atoms with Gasteiger partial charge in [0.25, 0.3) is 0 Å². The van der Waals surface area contributed by atoms with E-state index in [0.717, 1.165) is 0 Å². The zero-order valence-corrected chi connectivity index (χ0v) is 12.2. The first-order valence-electron chi connectivity index (χ1n) is 6.02. The number of alkyl halides is 13. The number of ether oxygens (including phenoxy) is 1. The molecule has 1 N–H and O–H groups in total. The van der Waals surface area contributed by atoms with E-state index in [-0.39, 0.29) is 6.20 Å². The number of diazo groups is 1. The van der Waals surface area contributed by atoms with E-state index in [2.05, 4.69) is 4.74 Å². The molecular weight excluding hydrogens is 427 g/mol. The minimum Gasteiger partial charge on any atom is -0.476 e. The fourth-order valence-corrected chi connectivity index (χ4v) is 1.33. The van der Waals surface area contributed by atoms with Crippen LogP contribution in [0.1, 0.15) is 6.42 Å². The molecule has 0 spiro atoms. The van der Waals surface area contributed by atoms with E-state index in [4.69, 9.17) is 10.5 Å². The van der Waals surface area contributed by atoms with E-state index < -0.39 is 54.8 Å². The van der Waals surface area contributed by atoms with Gasteiger partial charge in [-0.2, -0.15) is 57.1 Å². The summed E-state index contributed by atoms with van der Waals surface area (Å²) in [6.45, 7) is -1.85. The van der Waals surface area contributed by atoms with Crippen LogP contribution in [0.15, 0.2) is 12.1 Å². The highest BCUT2D eigenvalue weighted by Crippen LogP contribution is 2.60. The number of aliphatic hydroxyl groups is 1. The first-order valence-corrected chi connectivity index (χ1v) is 6.02. The van der Waals surface area contributed by atoms with Crippen molar-refractivity contribution < 1.29 is 66.9 Å². The molecule has 0 fully saturated rings. The molecule has 0 heterocycles. The average molecular weight is 433 g/mol. The van der Waals surface area contributed by atoms with Gasteiger partial charge in [0.05, 0.1) is 13.0 Å². The molecule has 0 rings (SSSR count). The Kier molecular flexibility index (Phi) is 6.54. The molecule has 158 valence electrons. The number of aliphatic hydroxyl groups excluding tert-OH is 1. The lowest BCUT2D eigenvalue weighted by Crippen LogP contribution is -2.70. The number of halogens is 13. The summed E-state index contributed by atoms with van der Waals surface area (Å²) in [6.07, 6.45) is -10.1. The highest BCUT2D eigenvalue weighted by atomic mass is 19.4. The summed E-state index contributed by atoms with van der Waals surface area (Å²) in [4.78, 5) is 2.04. The second-order valence-corrected chi connectivity index (χ2v) is 4.68. The maximum atomic E-state index is 13.2. The molecule has 0 aromatic carbocycles. The van der Waals surface area contributed by atoms with Crippen molar-refractivity contribution in [1.82, 2.24) is 0 Å². The van der Waals surface area contributed by atoms with Crippen LogP contribution in [0, 0.1) is 5.39 Å². The second kappa shape index (κ2) is 7.11. The molecular formula is C10H6F13N2O2+. The predicted molar refractivity (Wildman–Crippen MR) is 57.2 cm³/mol. The van der Waals surface area contributed by atoms with Gasteiger partial charge < -0.3 is 9.84 Å². The number of hydrogen-bond donors (Lipinski definition) is 1. The predicted octanol–water partition coefficient (Wildman–Crippen LogP) is 5.34. The average Bonchev–Trinajstić information content (AvgIpc) is 2.45. The summed E-state index contributed by atoms with van der Waals surface area (Å²) in [7, 11) is 0. The van der Waals surface area contributed by atoms with Crippen LogP contribution in [0.2, 0.25) is 0 Å². The molecule has 0 aliphatic rings. The van der Waals surface area contributed by atoms with E-state index >= 15 is 0 Å². The molecule has 27 heavy (non-hydrogen) atoms. The number of rotatable bonds is 8. The van der Waals surface area contributed by atoms with Crippen LogP contribution in [0.25, 0.3) is 4.98 Å². The zero-order chi connectivity index (χ0) is 22.1. The Labute approximate surface area is 139 Å². The van der Waals surface area contributed by atoms with E-state index in [1.54, 1.807) is 0 Å². The van der Waals surface area contributed by atoms with Gasteiger partial charge in [-0.05, 0) is 0 Å². The van der Waals surface area contributed by atoms with Gasteiger partial charge in [0, 0.05) is 0 Å². The third-order valence-corrected chi connectivity index (χ3v) is 2.83. The highest BCUT2D eigenvalue weighted by Gasteiger charge is 2.90. The van der Waals surface area contributed by atoms with Gasteiger partial charge in [-0.15, -0.1) is 0 Å². The van der Waals surface area contributed by atoms with Gasteiger partial charge in [0.2, 0.25) is 5.39 Å². The molecule has 0 bridgehead atoms. The summed E-state index contributed by atoms with van der Waals surface area (Å²) >= 11 is 0. The molecule has 0 aromatic rings. The summed E-state index contributed by atoms with van der Waals surface area (Å²) < 4.78 is 169. The van der Waals surface area contributed by atoms with Gasteiger partial charge in [-0.1, -0.05) is 0 Å². The Morgan fingerprint density at radius 2 is 1.19 bits per heavy atom. The van der Waals surface area contributed by atoms with Crippen LogP contribution in [-0.4, -0.2) is 47.5 Å². The largest absolute Gasteiger partial charge is 0.476 e. The van der Waals surface area contributed by atoms with Crippen molar-refractivity contribution in [2.45, 2.75) is 42.2 Å². The minimum absolute atomic E-state index is 0.0249. The number of hydrogen-bond acceptors (Lipinski definition) is 3. The molecule has 0 aromatic heterocycles. The lowest BCUT2D eigenvalue weighted by atomic mass is 9.93. The fraction of sp³-hybridized carbons (Fsp3) is 0.800. The van der Waals surface area contributed by atoms with Crippen molar-refractivity contribution in [1.29, 1.82) is 5.39 Å². The summed E-state index contributed by atoms with van der Waals surface area (Å²) in [5.74, 6) is -38.9. The molecule has 0 unspecified atom stereocenters. The normalized spacial score (nSPS) is 15.5. The minimum atomic E-state index is -7.97. The third kappa shape index (κ3) is 4.08. The van der Waals surface area contributed by atoms with E-state index in [0.29, 0.717) is 0 Å². The second-order valence-electron chi connectivity index (χ2n) is 4.68. The lowest BCUT2D eigenvalue weighted by Gasteiger charge is -2.39. The van der Waals surface area contributed by atoms with Crippen molar-refractivity contribution in [3.05, 3.63) is 17.1 Å². The fourth-order valence-electron chi connectivity index (χ4n) is 1.33. The molecule has 0 aliphatic heterocycles. The summed E-state index contributed by atoms with van der Waals surface area (Å²) in [6, 6.07) is 0. The Morgan fingerprint density at radius 1 is 0.778 bits per heavy atom. The third-order valence-electron chi connectivity index (χ3n) is 2.83. The molecule has 17 heteroatoms. The van der Waals surface area contributed by atoms with Gasteiger partial charge >= 0.3 is 47.9 Å². The first kappa shape index (κ1) is 24.8. The smallest absolute Gasteiger partial charge is 0.460 e. The number of nitrogens with zero attached hydrogens (tertiary/aromatic N) is 2. The van der Waals surface area contributed by atoms with Crippen LogP contribution in [0.3, 0.4) is 0 Å². The van der Waals surface area contributed by atoms with Gasteiger partial charge in [0.15, 0.2) is 4.98 Å². The molecule has 0 amide bonds. The molecule has 0 aliphatic carbocycles. The van der Waals surface area contributed by atoms with Crippen LogP contribution >= 0.6 is 0 Å². The maximum Gasteiger partial charge on any atom is 0.460 e. The molecule has 0 saturated carbocycles. The summed E-state index contributed by atoms with van der Waals surface area (Å²) in [5.41, 5.74) is 0. The van der Waals surface area contributed by atoms with Crippen molar-refractivity contribution in [2.24, 2.45) is 0 Å². The van der Waals surface area contributed by atoms with Crippen LogP contribution in [0.5, 0.6) is 0 Å². The molecule has 4 nitrogen and oxygen atoms in total. The van der Waals surface area contributed by atoms with Crippen molar-refractivity contribution in [2.75, 3.05) is 6.61 Å². The van der Waals surface area contributed by atoms with E-state index in [9.17, 15) is 57.1 Å². The Balaban J connectivity index is 5.81. The highest BCUT2D eigenvalue weighted by molar-refractivity contribution is 5.10. The summed E-state index contributed by atoms with van der Waals surface area (Å²) in [5, 5.41) is 16.5. The molecule has 0 saturated heterocycles. The topological polar surface area (TPSA) is 57.6 Å². The van der Waals surface area contributed by atoms with E-state index in [1.165, 1.54) is 0 Å². The lowest BCUT2D eigenvalue weighted by molar-refractivity contribution is -0.440. The quantitative estimate of drug-likeness (QED) is 0.320. The van der Waals surface area contributed by atoms with Crippen LogP contribution < -0.4 is 0 Å². The van der Waals surface area contributed by atoms with Gasteiger partial charge in [-0.3, -0.25) is 0 Å². The first-order chi connectivity index (χ1) is 11.7. The Morgan fingerprint density at radius 3 is 1.56 bits per heavy atom. The monoisotopic (exact) mass is 433 g/mol. The van der Waals surface area contributed by atoms with Crippen molar-refractivity contribution in [3.8, 4) is 0 Å².